The number of nitrogens with one attached hydrogen (secondary N) is 2. The third kappa shape index (κ3) is 3.93. The van der Waals surface area contributed by atoms with E-state index in [2.05, 4.69) is 10.6 Å². The van der Waals surface area contributed by atoms with Crippen molar-refractivity contribution in [3.05, 3.63) is 22.4 Å². The van der Waals surface area contributed by atoms with Gasteiger partial charge in [0.25, 0.3) is 0 Å². The van der Waals surface area contributed by atoms with E-state index in [0.29, 0.717) is 32.5 Å². The van der Waals surface area contributed by atoms with Gasteiger partial charge in [0.2, 0.25) is 5.91 Å². The van der Waals surface area contributed by atoms with Crippen LogP contribution in [0.25, 0.3) is 0 Å². The van der Waals surface area contributed by atoms with E-state index < -0.39 is 14.6 Å². The van der Waals surface area contributed by atoms with Crippen molar-refractivity contribution < 1.29 is 13.2 Å². The largest absolute Gasteiger partial charge is 0.353 e. The van der Waals surface area contributed by atoms with Crippen LogP contribution < -0.4 is 10.6 Å². The minimum atomic E-state index is -3.47. The Bertz CT molecular complexity index is 620. The Morgan fingerprint density at radius 1 is 1.43 bits per heavy atom. The van der Waals surface area contributed by atoms with Crippen LogP contribution in [0.15, 0.2) is 16.8 Å². The second kappa shape index (κ2) is 7.29. The molecule has 0 aliphatic carbocycles. The van der Waals surface area contributed by atoms with E-state index in [0.717, 1.165) is 5.56 Å². The number of rotatable bonds is 6. The predicted octanol–water partition coefficient (Wildman–Crippen LogP) is 0.634. The minimum Gasteiger partial charge on any atom is -0.353 e. The van der Waals surface area contributed by atoms with E-state index in [9.17, 15) is 13.2 Å². The summed E-state index contributed by atoms with van der Waals surface area (Å²) in [6.07, 6.45) is 1.81. The number of amides is 1. The quantitative estimate of drug-likeness (QED) is 0.779. The number of carbonyl (C=O) groups excluding carboxylic acids is 1. The van der Waals surface area contributed by atoms with E-state index in [1.807, 2.05) is 35.8 Å². The number of likely N-dealkylation sites (N-methyl/N-ethyl adjacent to an activating group) is 1. The van der Waals surface area contributed by atoms with Crippen molar-refractivity contribution in [1.82, 2.24) is 15.5 Å². The molecule has 1 amide bonds. The van der Waals surface area contributed by atoms with Crippen molar-refractivity contribution in [3.8, 4) is 0 Å². The van der Waals surface area contributed by atoms with Gasteiger partial charge in [-0.3, -0.25) is 4.79 Å². The van der Waals surface area contributed by atoms with Gasteiger partial charge in [0.05, 0.1) is 6.04 Å². The lowest BCUT2D eigenvalue weighted by Crippen LogP contribution is -2.58. The summed E-state index contributed by atoms with van der Waals surface area (Å²) in [7, 11) is 0.427. The van der Waals surface area contributed by atoms with E-state index in [1.54, 1.807) is 11.3 Å². The van der Waals surface area contributed by atoms with Gasteiger partial charge in [-0.1, -0.05) is 0 Å². The Kier molecular flexibility index (Phi) is 5.83. The molecular weight excluding hydrogens is 334 g/mol. The van der Waals surface area contributed by atoms with Crippen molar-refractivity contribution in [1.29, 1.82) is 0 Å². The monoisotopic (exact) mass is 359 g/mol. The maximum atomic E-state index is 12.7. The fraction of sp³-hybridized carbons (Fsp3) is 0.667. The summed E-state index contributed by atoms with van der Waals surface area (Å²) in [5.74, 6) is -0.372. The molecule has 130 valence electrons. The van der Waals surface area contributed by atoms with Gasteiger partial charge in [0.15, 0.2) is 14.6 Å². The summed E-state index contributed by atoms with van der Waals surface area (Å²) in [6.45, 7) is 1.48. The standard InChI is InChI=1S/C15H25N3O3S2/c1-18(2)13(12-4-9-22-11-12)10-17-14(19)15(23(3,20)21)5-7-16-8-6-15/h4,9,11,13,16H,5-8,10H2,1-3H3,(H,17,19). The van der Waals surface area contributed by atoms with E-state index in [1.165, 1.54) is 6.26 Å². The van der Waals surface area contributed by atoms with E-state index >= 15 is 0 Å². The van der Waals surface area contributed by atoms with Gasteiger partial charge in [-0.05, 0) is 62.4 Å². The zero-order valence-electron chi connectivity index (χ0n) is 13.8. The molecule has 6 nitrogen and oxygen atoms in total. The number of sulfone groups is 1. The Morgan fingerprint density at radius 3 is 2.57 bits per heavy atom. The molecule has 1 unspecified atom stereocenters. The highest BCUT2D eigenvalue weighted by atomic mass is 32.2. The lowest BCUT2D eigenvalue weighted by molar-refractivity contribution is -0.124. The van der Waals surface area contributed by atoms with E-state index in [-0.39, 0.29) is 11.9 Å². The van der Waals surface area contributed by atoms with Gasteiger partial charge < -0.3 is 15.5 Å². The second-order valence-electron chi connectivity index (χ2n) is 6.26. The molecule has 0 radical (unpaired) electrons. The van der Waals surface area contributed by atoms with Gasteiger partial charge in [-0.25, -0.2) is 8.42 Å². The molecule has 8 heteroatoms. The zero-order chi connectivity index (χ0) is 17.1. The molecule has 1 aromatic rings. The highest BCUT2D eigenvalue weighted by molar-refractivity contribution is 7.92. The van der Waals surface area contributed by atoms with Crippen molar-refractivity contribution in [3.63, 3.8) is 0 Å². The second-order valence-corrected chi connectivity index (χ2v) is 9.37. The van der Waals surface area contributed by atoms with Crippen molar-refractivity contribution >= 4 is 27.1 Å². The first kappa shape index (κ1) is 18.4. The molecule has 1 aliphatic rings. The summed E-state index contributed by atoms with van der Waals surface area (Å²) in [5, 5.41) is 10.1. The first-order valence-corrected chi connectivity index (χ1v) is 10.5. The highest BCUT2D eigenvalue weighted by Gasteiger charge is 2.48. The van der Waals surface area contributed by atoms with Gasteiger partial charge in [0, 0.05) is 12.8 Å². The Morgan fingerprint density at radius 2 is 2.09 bits per heavy atom. The minimum absolute atomic E-state index is 0.0310. The molecule has 23 heavy (non-hydrogen) atoms. The fourth-order valence-electron chi connectivity index (χ4n) is 3.01. The first-order valence-electron chi connectivity index (χ1n) is 7.65. The van der Waals surface area contributed by atoms with Gasteiger partial charge in [-0.15, -0.1) is 0 Å². The molecule has 1 aliphatic heterocycles. The molecule has 1 aromatic heterocycles. The van der Waals surface area contributed by atoms with Crippen LogP contribution in [0, 0.1) is 0 Å². The lowest BCUT2D eigenvalue weighted by atomic mass is 9.95. The SMILES string of the molecule is CN(C)C(CNC(=O)C1(S(C)(=O)=O)CCNCC1)c1ccsc1. The van der Waals surface area contributed by atoms with Crippen LogP contribution in [-0.4, -0.2) is 64.0 Å². The van der Waals surface area contributed by atoms with Crippen molar-refractivity contribution in [2.75, 3.05) is 40.0 Å². The van der Waals surface area contributed by atoms with Crippen LogP contribution in [0.5, 0.6) is 0 Å². The Balaban J connectivity index is 2.13. The summed E-state index contributed by atoms with van der Waals surface area (Å²) >= 11 is 1.61. The summed E-state index contributed by atoms with van der Waals surface area (Å²) in [6, 6.07) is 2.06. The molecule has 0 aromatic carbocycles. The fourth-order valence-corrected chi connectivity index (χ4v) is 5.07. The summed E-state index contributed by atoms with van der Waals surface area (Å²) in [5.41, 5.74) is 1.12. The number of piperidine rings is 1. The third-order valence-corrected chi connectivity index (χ3v) is 7.26. The Hall–Kier alpha value is -0.960. The molecule has 2 heterocycles. The van der Waals surface area contributed by atoms with Crippen molar-refractivity contribution in [2.24, 2.45) is 0 Å². The van der Waals surface area contributed by atoms with Gasteiger partial charge >= 0.3 is 0 Å². The van der Waals surface area contributed by atoms with E-state index in [4.69, 9.17) is 0 Å². The smallest absolute Gasteiger partial charge is 0.241 e. The van der Waals surface area contributed by atoms with Crippen LogP contribution in [-0.2, 0) is 14.6 Å². The molecule has 1 saturated heterocycles. The molecule has 2 N–H and O–H groups in total. The average molecular weight is 360 g/mol. The number of thiophene rings is 1. The molecule has 0 bridgehead atoms. The lowest BCUT2D eigenvalue weighted by Gasteiger charge is -2.35. The van der Waals surface area contributed by atoms with Crippen LogP contribution in [0.2, 0.25) is 0 Å². The summed E-state index contributed by atoms with van der Waals surface area (Å²) < 4.78 is 23.2. The van der Waals surface area contributed by atoms with Gasteiger partial charge in [-0.2, -0.15) is 11.3 Å². The Labute approximate surface area is 142 Å². The zero-order valence-corrected chi connectivity index (χ0v) is 15.5. The topological polar surface area (TPSA) is 78.5 Å². The molecular formula is C15H25N3O3S2. The van der Waals surface area contributed by atoms with Crippen LogP contribution in [0.1, 0.15) is 24.4 Å². The molecule has 0 saturated carbocycles. The number of hydrogen-bond acceptors (Lipinski definition) is 6. The number of nitrogens with zero attached hydrogens (tertiary/aromatic N) is 1. The molecule has 1 atom stereocenters. The van der Waals surface area contributed by atoms with Gasteiger partial charge in [0.1, 0.15) is 0 Å². The predicted molar refractivity (Wildman–Crippen MR) is 93.4 cm³/mol. The van der Waals surface area contributed by atoms with Crippen LogP contribution in [0.3, 0.4) is 0 Å². The van der Waals surface area contributed by atoms with Crippen LogP contribution >= 0.6 is 11.3 Å². The van der Waals surface area contributed by atoms with Crippen molar-refractivity contribution in [2.45, 2.75) is 23.6 Å². The number of hydrogen-bond donors (Lipinski definition) is 2. The molecule has 1 fully saturated rings. The highest BCUT2D eigenvalue weighted by Crippen LogP contribution is 2.28. The normalized spacial score (nSPS) is 19.5. The molecule has 2 rings (SSSR count). The summed E-state index contributed by atoms with van der Waals surface area (Å²) in [4.78, 5) is 14.8. The maximum absolute atomic E-state index is 12.7. The molecule has 0 spiro atoms. The number of carbonyl (C=O) groups is 1. The van der Waals surface area contributed by atoms with Crippen LogP contribution in [0.4, 0.5) is 0 Å². The average Bonchev–Trinajstić information content (AvgIpc) is 3.00. The maximum Gasteiger partial charge on any atom is 0.241 e. The third-order valence-electron chi connectivity index (χ3n) is 4.54. The first-order chi connectivity index (χ1) is 10.8.